The maximum atomic E-state index is 5.88. The summed E-state index contributed by atoms with van der Waals surface area (Å²) >= 11 is 16.0. The Kier molecular flexibility index (Phi) is 11.3. The molecule has 8 heteroatoms. The van der Waals surface area contributed by atoms with Crippen LogP contribution < -0.4 is 26.4 Å². The molecule has 2 rings (SSSR count). The molecule has 30 heavy (non-hydrogen) atoms. The molecule has 0 atom stereocenters. The van der Waals surface area contributed by atoms with Crippen molar-refractivity contribution in [2.75, 3.05) is 23.8 Å². The van der Waals surface area contributed by atoms with Gasteiger partial charge in [0, 0.05) is 29.0 Å². The zero-order chi connectivity index (χ0) is 21.6. The van der Waals surface area contributed by atoms with Crippen LogP contribution in [0.3, 0.4) is 0 Å². The molecule has 0 saturated heterocycles. The molecule has 0 aliphatic carbocycles. The molecule has 0 unspecified atom stereocenters. The smallest absolute Gasteiger partial charge is 0.170 e. The molecule has 0 heterocycles. The zero-order valence-electron chi connectivity index (χ0n) is 17.0. The second-order valence-corrected chi connectivity index (χ2v) is 8.16. The first-order chi connectivity index (χ1) is 14.5. The summed E-state index contributed by atoms with van der Waals surface area (Å²) in [5.74, 6) is 0.825. The quantitative estimate of drug-likeness (QED) is 0.237. The van der Waals surface area contributed by atoms with Crippen molar-refractivity contribution in [3.05, 3.63) is 53.6 Å². The Hall–Kier alpha value is -2.09. The fraction of sp³-hybridized carbons (Fsp3) is 0.364. The second-order valence-electron chi connectivity index (χ2n) is 6.87. The first-order valence-corrected chi connectivity index (χ1v) is 11.3. The SMILES string of the molecule is NC(=S)Nc1cccc(OCCCCCCCCNC(=S)Nc2ccc(Cl)cc2)c1. The lowest BCUT2D eigenvalue weighted by Gasteiger charge is -2.10. The van der Waals surface area contributed by atoms with Crippen LogP contribution in [0.5, 0.6) is 5.75 Å². The monoisotopic (exact) mass is 464 g/mol. The molecule has 0 saturated carbocycles. The minimum Gasteiger partial charge on any atom is -0.494 e. The van der Waals surface area contributed by atoms with Crippen molar-refractivity contribution in [2.45, 2.75) is 38.5 Å². The highest BCUT2D eigenvalue weighted by Gasteiger charge is 1.99. The lowest BCUT2D eigenvalue weighted by atomic mass is 10.1. The largest absolute Gasteiger partial charge is 0.494 e. The molecule has 0 radical (unpaired) electrons. The standard InChI is InChI=1S/C22H29ClN4OS2/c23-17-10-12-18(13-11-17)27-22(30)25-14-5-3-1-2-4-6-15-28-20-9-7-8-19(16-20)26-21(24)29/h7-13,16H,1-6,14-15H2,(H3,24,26,29)(H2,25,27,30). The number of unbranched alkanes of at least 4 members (excludes halogenated alkanes) is 5. The van der Waals surface area contributed by atoms with Gasteiger partial charge in [-0.05, 0) is 73.7 Å². The Bertz CT molecular complexity index is 802. The average molecular weight is 465 g/mol. The summed E-state index contributed by atoms with van der Waals surface area (Å²) in [6.45, 7) is 1.59. The van der Waals surface area contributed by atoms with Gasteiger partial charge in [-0.25, -0.2) is 0 Å². The summed E-state index contributed by atoms with van der Waals surface area (Å²) in [6.07, 6.45) is 6.91. The number of nitrogens with two attached hydrogens (primary N) is 1. The van der Waals surface area contributed by atoms with Crippen molar-refractivity contribution in [3.8, 4) is 5.75 Å². The molecular formula is C22H29ClN4OS2. The Morgan fingerprint density at radius 3 is 2.30 bits per heavy atom. The van der Waals surface area contributed by atoms with E-state index in [1.165, 1.54) is 19.3 Å². The third-order valence-corrected chi connectivity index (χ3v) is 4.93. The number of benzene rings is 2. The number of hydrogen-bond donors (Lipinski definition) is 4. The van der Waals surface area contributed by atoms with Gasteiger partial charge in [0.1, 0.15) is 5.75 Å². The summed E-state index contributed by atoms with van der Waals surface area (Å²) < 4.78 is 5.79. The van der Waals surface area contributed by atoms with Crippen molar-refractivity contribution in [1.29, 1.82) is 0 Å². The van der Waals surface area contributed by atoms with Crippen LogP contribution in [0, 0.1) is 0 Å². The van der Waals surface area contributed by atoms with Gasteiger partial charge in [0.2, 0.25) is 0 Å². The van der Waals surface area contributed by atoms with Crippen LogP contribution in [0.25, 0.3) is 0 Å². The van der Waals surface area contributed by atoms with Crippen LogP contribution >= 0.6 is 36.0 Å². The summed E-state index contributed by atoms with van der Waals surface area (Å²) in [5.41, 5.74) is 7.26. The fourth-order valence-corrected chi connectivity index (χ4v) is 3.30. The minimum absolute atomic E-state index is 0.252. The van der Waals surface area contributed by atoms with Crippen molar-refractivity contribution in [1.82, 2.24) is 5.32 Å². The summed E-state index contributed by atoms with van der Waals surface area (Å²) in [7, 11) is 0. The van der Waals surface area contributed by atoms with Crippen molar-refractivity contribution in [3.63, 3.8) is 0 Å². The van der Waals surface area contributed by atoms with Gasteiger partial charge in [-0.1, -0.05) is 43.4 Å². The van der Waals surface area contributed by atoms with Gasteiger partial charge in [-0.15, -0.1) is 0 Å². The van der Waals surface area contributed by atoms with E-state index in [1.54, 1.807) is 0 Å². The van der Waals surface area contributed by atoms with Gasteiger partial charge >= 0.3 is 0 Å². The molecule has 0 amide bonds. The molecule has 5 N–H and O–H groups in total. The third-order valence-electron chi connectivity index (χ3n) is 4.33. The van der Waals surface area contributed by atoms with Crippen LogP contribution in [0.2, 0.25) is 5.02 Å². The molecule has 0 bridgehead atoms. The van der Waals surface area contributed by atoms with Crippen molar-refractivity contribution < 1.29 is 4.74 Å². The van der Waals surface area contributed by atoms with E-state index in [0.29, 0.717) is 16.7 Å². The first kappa shape index (κ1) is 24.2. The highest BCUT2D eigenvalue weighted by atomic mass is 35.5. The Labute approximate surface area is 194 Å². The Morgan fingerprint density at radius 2 is 1.57 bits per heavy atom. The predicted molar refractivity (Wildman–Crippen MR) is 136 cm³/mol. The van der Waals surface area contributed by atoms with Gasteiger partial charge in [-0.3, -0.25) is 0 Å². The molecule has 5 nitrogen and oxygen atoms in total. The number of ether oxygens (including phenoxy) is 1. The van der Waals surface area contributed by atoms with E-state index in [9.17, 15) is 0 Å². The number of halogens is 1. The van der Waals surface area contributed by atoms with E-state index in [-0.39, 0.29) is 5.11 Å². The minimum atomic E-state index is 0.252. The number of hydrogen-bond acceptors (Lipinski definition) is 3. The van der Waals surface area contributed by atoms with E-state index in [0.717, 1.165) is 42.9 Å². The van der Waals surface area contributed by atoms with E-state index < -0.39 is 0 Å². The first-order valence-electron chi connectivity index (χ1n) is 10.1. The highest BCUT2D eigenvalue weighted by Crippen LogP contribution is 2.18. The van der Waals surface area contributed by atoms with Crippen LogP contribution in [0.1, 0.15) is 38.5 Å². The fourth-order valence-electron chi connectivity index (χ4n) is 2.84. The molecule has 0 spiro atoms. The van der Waals surface area contributed by atoms with Gasteiger partial charge in [0.25, 0.3) is 0 Å². The third kappa shape index (κ3) is 10.6. The number of thiocarbonyl (C=S) groups is 2. The Morgan fingerprint density at radius 1 is 0.867 bits per heavy atom. The summed E-state index contributed by atoms with van der Waals surface area (Å²) in [4.78, 5) is 0. The Balaban J connectivity index is 1.44. The molecule has 2 aromatic rings. The van der Waals surface area contributed by atoms with Crippen LogP contribution in [-0.2, 0) is 0 Å². The maximum absolute atomic E-state index is 5.88. The topological polar surface area (TPSA) is 71.3 Å². The normalized spacial score (nSPS) is 10.3. The molecule has 162 valence electrons. The van der Waals surface area contributed by atoms with E-state index in [1.807, 2.05) is 48.5 Å². The van der Waals surface area contributed by atoms with E-state index in [2.05, 4.69) is 16.0 Å². The lowest BCUT2D eigenvalue weighted by Crippen LogP contribution is -2.29. The zero-order valence-corrected chi connectivity index (χ0v) is 19.3. The second kappa shape index (κ2) is 14.0. The number of anilines is 2. The number of nitrogens with one attached hydrogen (secondary N) is 3. The van der Waals surface area contributed by atoms with Crippen LogP contribution in [-0.4, -0.2) is 23.4 Å². The van der Waals surface area contributed by atoms with Gasteiger partial charge in [0.15, 0.2) is 10.2 Å². The maximum Gasteiger partial charge on any atom is 0.170 e. The molecule has 0 aromatic heterocycles. The van der Waals surface area contributed by atoms with Gasteiger partial charge < -0.3 is 26.4 Å². The lowest BCUT2D eigenvalue weighted by molar-refractivity contribution is 0.304. The van der Waals surface area contributed by atoms with E-state index >= 15 is 0 Å². The average Bonchev–Trinajstić information content (AvgIpc) is 2.71. The summed E-state index contributed by atoms with van der Waals surface area (Å²) in [5, 5.41) is 10.9. The number of rotatable bonds is 12. The molecule has 0 aliphatic rings. The van der Waals surface area contributed by atoms with Crippen LogP contribution in [0.4, 0.5) is 11.4 Å². The summed E-state index contributed by atoms with van der Waals surface area (Å²) in [6, 6.07) is 15.1. The molecule has 0 fully saturated rings. The molecule has 0 aliphatic heterocycles. The van der Waals surface area contributed by atoms with Crippen LogP contribution in [0.15, 0.2) is 48.5 Å². The van der Waals surface area contributed by atoms with E-state index in [4.69, 9.17) is 46.5 Å². The molecule has 2 aromatic carbocycles. The van der Waals surface area contributed by atoms with Gasteiger partial charge in [-0.2, -0.15) is 0 Å². The molecular weight excluding hydrogens is 436 g/mol. The van der Waals surface area contributed by atoms with Crippen molar-refractivity contribution in [2.24, 2.45) is 5.73 Å². The van der Waals surface area contributed by atoms with Gasteiger partial charge in [0.05, 0.1) is 6.61 Å². The predicted octanol–water partition coefficient (Wildman–Crippen LogP) is 5.70. The van der Waals surface area contributed by atoms with Crippen molar-refractivity contribution >= 4 is 57.6 Å². The highest BCUT2D eigenvalue weighted by molar-refractivity contribution is 7.80.